The fourth-order valence-electron chi connectivity index (χ4n) is 3.00. The molecule has 0 saturated heterocycles. The van der Waals surface area contributed by atoms with Crippen LogP contribution in [0.4, 0.5) is 0 Å². The minimum Gasteiger partial charge on any atom is -0.491 e. The van der Waals surface area contributed by atoms with Gasteiger partial charge in [-0.2, -0.15) is 0 Å². The third-order valence-corrected chi connectivity index (χ3v) is 6.27. The zero-order valence-corrected chi connectivity index (χ0v) is 19.3. The van der Waals surface area contributed by atoms with Gasteiger partial charge in [-0.05, 0) is 63.4 Å². The third kappa shape index (κ3) is 6.89. The van der Waals surface area contributed by atoms with Crippen molar-refractivity contribution in [2.24, 2.45) is 0 Å². The number of carbonyl (C=O) groups excluding carboxylic acids is 1. The van der Waals surface area contributed by atoms with E-state index in [1.807, 2.05) is 61.1 Å². The number of thioether (sulfide) groups is 1. The molecule has 4 nitrogen and oxygen atoms in total. The Morgan fingerprint density at radius 3 is 2.60 bits per heavy atom. The van der Waals surface area contributed by atoms with Gasteiger partial charge in [0.15, 0.2) is 0 Å². The number of aryl methyl sites for hydroxylation is 1. The lowest BCUT2D eigenvalue weighted by Gasteiger charge is -2.16. The largest absolute Gasteiger partial charge is 0.491 e. The van der Waals surface area contributed by atoms with Crippen molar-refractivity contribution in [1.82, 2.24) is 10.3 Å². The molecule has 3 rings (SSSR count). The number of benzene rings is 2. The zero-order valence-electron chi connectivity index (χ0n) is 17.6. The maximum absolute atomic E-state index is 12.8. The molecule has 0 aliphatic carbocycles. The first-order chi connectivity index (χ1) is 14.5. The van der Waals surface area contributed by atoms with E-state index in [9.17, 15) is 4.79 Å². The van der Waals surface area contributed by atoms with E-state index < -0.39 is 0 Å². The number of nitrogens with one attached hydrogen (secondary N) is 1. The number of ether oxygens (including phenoxy) is 1. The second kappa shape index (κ2) is 11.2. The van der Waals surface area contributed by atoms with Gasteiger partial charge in [0.2, 0.25) is 0 Å². The Labute approximate surface area is 187 Å². The summed E-state index contributed by atoms with van der Waals surface area (Å²) in [4.78, 5) is 18.1. The van der Waals surface area contributed by atoms with Crippen molar-refractivity contribution in [3.63, 3.8) is 0 Å². The lowest BCUT2D eigenvalue weighted by molar-refractivity contribution is 0.0935. The Morgan fingerprint density at radius 2 is 1.90 bits per heavy atom. The number of hydrogen-bond acceptors (Lipinski definition) is 5. The summed E-state index contributed by atoms with van der Waals surface area (Å²) < 4.78 is 5.69. The summed E-state index contributed by atoms with van der Waals surface area (Å²) in [5, 5.41) is 5.19. The summed E-state index contributed by atoms with van der Waals surface area (Å²) in [6, 6.07) is 16.1. The highest BCUT2D eigenvalue weighted by Gasteiger charge is 2.14. The molecule has 1 N–H and O–H groups in total. The van der Waals surface area contributed by atoms with Gasteiger partial charge in [-0.3, -0.25) is 4.79 Å². The van der Waals surface area contributed by atoms with Gasteiger partial charge in [-0.15, -0.1) is 23.1 Å². The van der Waals surface area contributed by atoms with Crippen molar-refractivity contribution in [2.45, 2.75) is 56.4 Å². The zero-order chi connectivity index (χ0) is 21.3. The van der Waals surface area contributed by atoms with E-state index in [1.54, 1.807) is 23.1 Å². The molecule has 1 atom stereocenters. The van der Waals surface area contributed by atoms with Crippen LogP contribution in [0.2, 0.25) is 0 Å². The molecule has 0 saturated carbocycles. The van der Waals surface area contributed by atoms with E-state index in [0.717, 1.165) is 40.5 Å². The number of hydrogen-bond donors (Lipinski definition) is 1. The number of rotatable bonds is 10. The van der Waals surface area contributed by atoms with E-state index in [-0.39, 0.29) is 18.1 Å². The van der Waals surface area contributed by atoms with Crippen molar-refractivity contribution >= 4 is 29.0 Å². The van der Waals surface area contributed by atoms with Crippen LogP contribution >= 0.6 is 23.1 Å². The molecule has 3 aromatic rings. The maximum atomic E-state index is 12.8. The van der Waals surface area contributed by atoms with Crippen LogP contribution in [-0.4, -0.2) is 23.0 Å². The van der Waals surface area contributed by atoms with Gasteiger partial charge in [-0.1, -0.05) is 24.3 Å². The van der Waals surface area contributed by atoms with Crippen molar-refractivity contribution < 1.29 is 9.53 Å². The number of aromatic nitrogens is 1. The molecule has 1 amide bonds. The summed E-state index contributed by atoms with van der Waals surface area (Å²) in [5.41, 5.74) is 4.84. The van der Waals surface area contributed by atoms with Crippen LogP contribution in [0.1, 0.15) is 48.8 Å². The molecule has 0 fully saturated rings. The van der Waals surface area contributed by atoms with E-state index in [2.05, 4.69) is 29.4 Å². The van der Waals surface area contributed by atoms with Gasteiger partial charge >= 0.3 is 0 Å². The van der Waals surface area contributed by atoms with Gasteiger partial charge in [0.25, 0.3) is 5.91 Å². The molecule has 0 spiro atoms. The van der Waals surface area contributed by atoms with Crippen molar-refractivity contribution in [3.05, 3.63) is 76.2 Å². The summed E-state index contributed by atoms with van der Waals surface area (Å²) >= 11 is 3.24. The smallest absolute Gasteiger partial charge is 0.252 e. The van der Waals surface area contributed by atoms with Gasteiger partial charge < -0.3 is 10.1 Å². The molecule has 158 valence electrons. The van der Waals surface area contributed by atoms with Crippen LogP contribution in [0.15, 0.2) is 64.3 Å². The van der Waals surface area contributed by atoms with Crippen molar-refractivity contribution in [3.8, 4) is 5.75 Å². The SMILES string of the molecule is CC(CCc1ccc(OC(C)C)cc1)NC(=O)c1ccccc1SCc1cscn1. The standard InChI is InChI=1S/C24H28N2O2S2/c1-17(2)28-21-12-10-19(11-13-21)9-8-18(3)26-24(27)22-6-4-5-7-23(22)30-15-20-14-29-16-25-20/h4-7,10-14,16-18H,8-9,15H2,1-3H3,(H,26,27). The van der Waals surface area contributed by atoms with Gasteiger partial charge in [-0.25, -0.2) is 4.98 Å². The number of amides is 1. The molecule has 1 unspecified atom stereocenters. The van der Waals surface area contributed by atoms with Gasteiger partial charge in [0.05, 0.1) is 22.9 Å². The van der Waals surface area contributed by atoms with Crippen molar-refractivity contribution in [2.75, 3.05) is 0 Å². The van der Waals surface area contributed by atoms with Crippen LogP contribution in [0, 0.1) is 0 Å². The fraction of sp³-hybridized carbons (Fsp3) is 0.333. The Kier molecular flexibility index (Phi) is 8.34. The Morgan fingerprint density at radius 1 is 1.13 bits per heavy atom. The Hall–Kier alpha value is -2.31. The van der Waals surface area contributed by atoms with Crippen LogP contribution < -0.4 is 10.1 Å². The van der Waals surface area contributed by atoms with E-state index >= 15 is 0 Å². The van der Waals surface area contributed by atoms with Gasteiger partial charge in [0.1, 0.15) is 5.75 Å². The lowest BCUT2D eigenvalue weighted by atomic mass is 10.1. The molecule has 0 aliphatic heterocycles. The van der Waals surface area contributed by atoms with Gasteiger partial charge in [0, 0.05) is 22.1 Å². The topological polar surface area (TPSA) is 51.2 Å². The summed E-state index contributed by atoms with van der Waals surface area (Å²) in [6.07, 6.45) is 1.96. The quantitative estimate of drug-likeness (QED) is 0.394. The van der Waals surface area contributed by atoms with Crippen LogP contribution in [0.25, 0.3) is 0 Å². The van der Waals surface area contributed by atoms with E-state index in [1.165, 1.54) is 5.56 Å². The maximum Gasteiger partial charge on any atom is 0.252 e. The van der Waals surface area contributed by atoms with Crippen LogP contribution in [-0.2, 0) is 12.2 Å². The molecule has 0 bridgehead atoms. The summed E-state index contributed by atoms with van der Waals surface area (Å²) in [7, 11) is 0. The summed E-state index contributed by atoms with van der Waals surface area (Å²) in [5.74, 6) is 1.63. The lowest BCUT2D eigenvalue weighted by Crippen LogP contribution is -2.33. The number of nitrogens with zero attached hydrogens (tertiary/aromatic N) is 1. The average molecular weight is 441 g/mol. The molecular weight excluding hydrogens is 412 g/mol. The summed E-state index contributed by atoms with van der Waals surface area (Å²) in [6.45, 7) is 6.10. The normalized spacial score (nSPS) is 12.0. The molecule has 1 heterocycles. The van der Waals surface area contributed by atoms with Crippen LogP contribution in [0.5, 0.6) is 5.75 Å². The molecule has 0 radical (unpaired) electrons. The highest BCUT2D eigenvalue weighted by molar-refractivity contribution is 7.98. The first-order valence-electron chi connectivity index (χ1n) is 10.2. The Bertz CT molecular complexity index is 925. The molecule has 30 heavy (non-hydrogen) atoms. The fourth-order valence-corrected chi connectivity index (χ4v) is 4.62. The van der Waals surface area contributed by atoms with E-state index in [4.69, 9.17) is 4.74 Å². The second-order valence-corrected chi connectivity index (χ2v) is 9.22. The molecule has 1 aromatic heterocycles. The van der Waals surface area contributed by atoms with Crippen LogP contribution in [0.3, 0.4) is 0 Å². The average Bonchev–Trinajstić information content (AvgIpc) is 3.25. The molecule has 0 aliphatic rings. The number of carbonyl (C=O) groups is 1. The molecular formula is C24H28N2O2S2. The highest BCUT2D eigenvalue weighted by Crippen LogP contribution is 2.26. The monoisotopic (exact) mass is 440 g/mol. The molecule has 2 aromatic carbocycles. The minimum absolute atomic E-state index is 0.0236. The third-order valence-electron chi connectivity index (χ3n) is 4.53. The first kappa shape index (κ1) is 22.4. The first-order valence-corrected chi connectivity index (χ1v) is 12.1. The van der Waals surface area contributed by atoms with Crippen molar-refractivity contribution in [1.29, 1.82) is 0 Å². The second-order valence-electron chi connectivity index (χ2n) is 7.49. The minimum atomic E-state index is -0.0236. The number of thiazole rings is 1. The predicted molar refractivity (Wildman–Crippen MR) is 126 cm³/mol. The Balaban J connectivity index is 1.51. The van der Waals surface area contributed by atoms with E-state index in [0.29, 0.717) is 0 Å². The predicted octanol–water partition coefficient (Wildman–Crippen LogP) is 5.97. The highest BCUT2D eigenvalue weighted by atomic mass is 32.2. The molecule has 6 heteroatoms.